The number of thioether (sulfide) groups is 2. The van der Waals surface area contributed by atoms with Crippen LogP contribution in [0.3, 0.4) is 0 Å². The minimum absolute atomic E-state index is 0.0477. The number of benzene rings is 1. The van der Waals surface area contributed by atoms with E-state index in [4.69, 9.17) is 0 Å². The second-order valence-corrected chi connectivity index (χ2v) is 9.29. The molecule has 0 bridgehead atoms. The maximum atomic E-state index is 12.8. The summed E-state index contributed by atoms with van der Waals surface area (Å²) in [5, 5.41) is 20.2. The minimum Gasteiger partial charge on any atom is -0.506 e. The molecule has 0 fully saturated rings. The van der Waals surface area contributed by atoms with E-state index < -0.39 is 0 Å². The van der Waals surface area contributed by atoms with Crippen molar-refractivity contribution in [2.45, 2.75) is 25.4 Å². The molecule has 1 aromatic carbocycles. The summed E-state index contributed by atoms with van der Waals surface area (Å²) in [6, 6.07) is 6.52. The third kappa shape index (κ3) is 5.58. The Morgan fingerprint density at radius 2 is 1.26 bits per heavy atom. The zero-order valence-corrected chi connectivity index (χ0v) is 20.5. The SMILES string of the molecule is C=Cc1cnc(C)c(O)c1CSC(=O)c1cccc(C(=O)SCc2c(C=C)cnc(C)c2O)c1. The van der Waals surface area contributed by atoms with Gasteiger partial charge in [-0.2, -0.15) is 0 Å². The molecule has 0 saturated carbocycles. The number of hydrogen-bond donors (Lipinski definition) is 2. The number of aryl methyl sites for hydroxylation is 2. The zero-order chi connectivity index (χ0) is 24.8. The molecule has 2 N–H and O–H groups in total. The van der Waals surface area contributed by atoms with Crippen LogP contribution < -0.4 is 0 Å². The Bertz CT molecular complexity index is 1190. The third-order valence-corrected chi connectivity index (χ3v) is 7.08. The zero-order valence-electron chi connectivity index (χ0n) is 18.9. The average Bonchev–Trinajstić information content (AvgIpc) is 2.85. The highest BCUT2D eigenvalue weighted by molar-refractivity contribution is 8.13. The van der Waals surface area contributed by atoms with Gasteiger partial charge in [-0.1, -0.05) is 67.0 Å². The molecule has 2 heterocycles. The monoisotopic (exact) mass is 492 g/mol. The van der Waals surface area contributed by atoms with Gasteiger partial charge in [-0.05, 0) is 31.0 Å². The molecule has 0 aliphatic heterocycles. The Morgan fingerprint density at radius 1 is 0.853 bits per heavy atom. The van der Waals surface area contributed by atoms with Gasteiger partial charge in [-0.3, -0.25) is 19.6 Å². The lowest BCUT2D eigenvalue weighted by Crippen LogP contribution is -2.01. The maximum Gasteiger partial charge on any atom is 0.219 e. The summed E-state index contributed by atoms with van der Waals surface area (Å²) in [4.78, 5) is 33.8. The van der Waals surface area contributed by atoms with Crippen molar-refractivity contribution in [1.29, 1.82) is 0 Å². The molecule has 3 rings (SSSR count). The molecule has 0 radical (unpaired) electrons. The van der Waals surface area contributed by atoms with Gasteiger partial charge in [0.1, 0.15) is 11.5 Å². The number of carbonyl (C=O) groups excluding carboxylic acids is 2. The van der Waals surface area contributed by atoms with E-state index >= 15 is 0 Å². The molecule has 0 spiro atoms. The summed E-state index contributed by atoms with van der Waals surface area (Å²) in [5.41, 5.74) is 4.24. The van der Waals surface area contributed by atoms with Crippen molar-refractivity contribution in [2.75, 3.05) is 0 Å². The molecule has 3 aromatic rings. The van der Waals surface area contributed by atoms with Crippen LogP contribution in [0.25, 0.3) is 12.2 Å². The van der Waals surface area contributed by atoms with E-state index in [2.05, 4.69) is 23.1 Å². The van der Waals surface area contributed by atoms with Crippen LogP contribution in [-0.4, -0.2) is 30.4 Å². The molecule has 0 amide bonds. The standard InChI is InChI=1S/C26H24N2O4S2/c1-5-17-11-27-15(3)23(29)21(17)13-33-25(31)19-8-7-9-20(10-19)26(32)34-14-22-18(6-2)12-28-16(4)24(22)30/h5-12,29-30H,1-2,13-14H2,3-4H3. The Kier molecular flexibility index (Phi) is 8.31. The number of carbonyl (C=O) groups is 2. The van der Waals surface area contributed by atoms with Gasteiger partial charge in [0.05, 0.1) is 11.4 Å². The van der Waals surface area contributed by atoms with E-state index in [0.717, 1.165) is 23.5 Å². The highest BCUT2D eigenvalue weighted by Crippen LogP contribution is 2.32. The average molecular weight is 493 g/mol. The first-order chi connectivity index (χ1) is 16.3. The highest BCUT2D eigenvalue weighted by atomic mass is 32.2. The lowest BCUT2D eigenvalue weighted by molar-refractivity contribution is 0.108. The van der Waals surface area contributed by atoms with Gasteiger partial charge >= 0.3 is 0 Å². The smallest absolute Gasteiger partial charge is 0.219 e. The van der Waals surface area contributed by atoms with Crippen LogP contribution in [-0.2, 0) is 11.5 Å². The fraction of sp³-hybridized carbons (Fsp3) is 0.154. The molecule has 34 heavy (non-hydrogen) atoms. The predicted octanol–water partition coefficient (Wildman–Crippen LogP) is 5.94. The predicted molar refractivity (Wildman–Crippen MR) is 139 cm³/mol. The Balaban J connectivity index is 1.72. The van der Waals surface area contributed by atoms with Crippen molar-refractivity contribution in [2.24, 2.45) is 0 Å². The van der Waals surface area contributed by atoms with Crippen molar-refractivity contribution in [1.82, 2.24) is 9.97 Å². The molecule has 0 unspecified atom stereocenters. The van der Waals surface area contributed by atoms with Crippen molar-refractivity contribution >= 4 is 45.9 Å². The lowest BCUT2D eigenvalue weighted by atomic mass is 10.1. The Morgan fingerprint density at radius 3 is 1.65 bits per heavy atom. The molecule has 0 saturated heterocycles. The first kappa shape index (κ1) is 25.3. The van der Waals surface area contributed by atoms with Crippen LogP contribution in [0.5, 0.6) is 11.5 Å². The van der Waals surface area contributed by atoms with Gasteiger partial charge in [0.25, 0.3) is 0 Å². The van der Waals surface area contributed by atoms with Crippen LogP contribution in [0, 0.1) is 13.8 Å². The van der Waals surface area contributed by atoms with Crippen LogP contribution >= 0.6 is 23.5 Å². The van der Waals surface area contributed by atoms with Crippen molar-refractivity contribution < 1.29 is 19.8 Å². The lowest BCUT2D eigenvalue weighted by Gasteiger charge is -2.11. The quantitative estimate of drug-likeness (QED) is 0.399. The van der Waals surface area contributed by atoms with E-state index in [-0.39, 0.29) is 33.2 Å². The maximum absolute atomic E-state index is 12.8. The van der Waals surface area contributed by atoms with Gasteiger partial charge in [0, 0.05) is 46.2 Å². The van der Waals surface area contributed by atoms with E-state index in [1.807, 2.05) is 0 Å². The molecular weight excluding hydrogens is 468 g/mol. The molecule has 0 aliphatic rings. The number of aromatic hydroxyl groups is 2. The largest absolute Gasteiger partial charge is 0.506 e. The fourth-order valence-electron chi connectivity index (χ4n) is 3.19. The Hall–Kier alpha value is -3.36. The van der Waals surface area contributed by atoms with Gasteiger partial charge in [-0.25, -0.2) is 0 Å². The van der Waals surface area contributed by atoms with Gasteiger partial charge < -0.3 is 10.2 Å². The van der Waals surface area contributed by atoms with Crippen LogP contribution in [0.4, 0.5) is 0 Å². The molecular formula is C26H24N2O4S2. The molecule has 2 aromatic heterocycles. The summed E-state index contributed by atoms with van der Waals surface area (Å²) in [6.07, 6.45) is 6.39. The third-order valence-electron chi connectivity index (χ3n) is 5.22. The van der Waals surface area contributed by atoms with Crippen LogP contribution in [0.15, 0.2) is 49.8 Å². The number of nitrogens with zero attached hydrogens (tertiary/aromatic N) is 2. The molecule has 0 aliphatic carbocycles. The van der Waals surface area contributed by atoms with Crippen LogP contribution in [0.1, 0.15) is 54.4 Å². The first-order valence-electron chi connectivity index (χ1n) is 10.3. The Labute approximate surface area is 206 Å². The van der Waals surface area contributed by atoms with Gasteiger partial charge in [0.15, 0.2) is 0 Å². The normalized spacial score (nSPS) is 10.6. The van der Waals surface area contributed by atoms with E-state index in [9.17, 15) is 19.8 Å². The molecule has 174 valence electrons. The van der Waals surface area contributed by atoms with E-state index in [1.165, 1.54) is 0 Å². The number of pyridine rings is 2. The number of aromatic nitrogens is 2. The van der Waals surface area contributed by atoms with Crippen molar-refractivity contribution in [3.8, 4) is 11.5 Å². The van der Waals surface area contributed by atoms with E-state index in [0.29, 0.717) is 44.8 Å². The van der Waals surface area contributed by atoms with Gasteiger partial charge in [-0.15, -0.1) is 0 Å². The second-order valence-electron chi connectivity index (χ2n) is 7.39. The van der Waals surface area contributed by atoms with E-state index in [1.54, 1.807) is 62.7 Å². The highest BCUT2D eigenvalue weighted by Gasteiger charge is 2.17. The van der Waals surface area contributed by atoms with Gasteiger partial charge in [0.2, 0.25) is 10.2 Å². The van der Waals surface area contributed by atoms with Crippen molar-refractivity contribution in [3.63, 3.8) is 0 Å². The molecule has 6 nitrogen and oxygen atoms in total. The summed E-state index contributed by atoms with van der Waals surface area (Å²) >= 11 is 2.06. The number of rotatable bonds is 8. The molecule has 8 heteroatoms. The van der Waals surface area contributed by atoms with Crippen LogP contribution in [0.2, 0.25) is 0 Å². The minimum atomic E-state index is -0.222. The summed E-state index contributed by atoms with van der Waals surface area (Å²) < 4.78 is 0. The summed E-state index contributed by atoms with van der Waals surface area (Å²) in [7, 11) is 0. The van der Waals surface area contributed by atoms with Crippen molar-refractivity contribution in [3.05, 3.63) is 94.6 Å². The summed E-state index contributed by atoms with van der Waals surface area (Å²) in [5.74, 6) is 0.582. The first-order valence-corrected chi connectivity index (χ1v) is 12.3. The fourth-order valence-corrected chi connectivity index (χ4v) is 4.94. The number of hydrogen-bond acceptors (Lipinski definition) is 8. The molecule has 0 atom stereocenters. The topological polar surface area (TPSA) is 100 Å². The second kappa shape index (κ2) is 11.2. The summed E-state index contributed by atoms with van der Waals surface area (Å²) in [6.45, 7) is 10.8.